The van der Waals surface area contributed by atoms with Gasteiger partial charge in [-0.15, -0.1) is 0 Å². The van der Waals surface area contributed by atoms with Gasteiger partial charge in [0.25, 0.3) is 0 Å². The van der Waals surface area contributed by atoms with E-state index in [1.807, 2.05) is 0 Å². The maximum atomic E-state index is 13.6. The zero-order chi connectivity index (χ0) is 16.4. The second-order valence-corrected chi connectivity index (χ2v) is 6.23. The number of primary sulfonamides is 1. The molecule has 0 spiro atoms. The van der Waals surface area contributed by atoms with Crippen molar-refractivity contribution in [2.75, 3.05) is 0 Å². The molecule has 0 aliphatic carbocycles. The number of benzene rings is 2. The van der Waals surface area contributed by atoms with Crippen LogP contribution in [0.3, 0.4) is 0 Å². The molecule has 23 heavy (non-hydrogen) atoms. The summed E-state index contributed by atoms with van der Waals surface area (Å²) >= 11 is 0. The lowest BCUT2D eigenvalue weighted by Gasteiger charge is -2.12. The maximum absolute atomic E-state index is 13.6. The quantitative estimate of drug-likeness (QED) is 0.767. The van der Waals surface area contributed by atoms with Gasteiger partial charge in [-0.1, -0.05) is 12.1 Å². The number of aromatic amines is 1. The predicted octanol–water partition coefficient (Wildman–Crippen LogP) is 2.66. The van der Waals surface area contributed by atoms with Crippen molar-refractivity contribution < 1.29 is 17.5 Å². The van der Waals surface area contributed by atoms with Gasteiger partial charge in [0.2, 0.25) is 10.0 Å². The highest BCUT2D eigenvalue weighted by Gasteiger charge is 2.17. The van der Waals surface area contributed by atoms with Crippen LogP contribution < -0.4 is 9.88 Å². The van der Waals surface area contributed by atoms with E-state index in [1.165, 1.54) is 30.3 Å². The van der Waals surface area contributed by atoms with Crippen LogP contribution in [0.1, 0.15) is 0 Å². The Kier molecular flexibility index (Phi) is 3.85. The number of para-hydroxylation sites is 1. The number of aromatic nitrogens is 2. The molecule has 3 N–H and O–H groups in total. The third-order valence-corrected chi connectivity index (χ3v) is 4.06. The van der Waals surface area contributed by atoms with Crippen LogP contribution in [0.4, 0.5) is 4.39 Å². The number of nitrogens with zero attached hydrogens (tertiary/aromatic N) is 1. The van der Waals surface area contributed by atoms with Crippen molar-refractivity contribution >= 4 is 10.0 Å². The Balaban J connectivity index is 2.10. The van der Waals surface area contributed by atoms with E-state index < -0.39 is 15.8 Å². The number of hydrogen-bond acceptors (Lipinski definition) is 4. The van der Waals surface area contributed by atoms with E-state index in [9.17, 15) is 12.8 Å². The average molecular weight is 333 g/mol. The van der Waals surface area contributed by atoms with Crippen molar-refractivity contribution in [3.8, 4) is 22.8 Å². The van der Waals surface area contributed by atoms with Gasteiger partial charge in [0, 0.05) is 17.8 Å². The highest BCUT2D eigenvalue weighted by atomic mass is 32.2. The zero-order valence-corrected chi connectivity index (χ0v) is 12.5. The normalized spacial score (nSPS) is 11.4. The second kappa shape index (κ2) is 5.82. The Hall–Kier alpha value is -2.71. The minimum absolute atomic E-state index is 0.0152. The van der Waals surface area contributed by atoms with Crippen molar-refractivity contribution in [3.63, 3.8) is 0 Å². The lowest BCUT2D eigenvalue weighted by molar-refractivity contribution is 0.464. The number of halogens is 1. The molecule has 1 heterocycles. The smallest absolute Gasteiger partial charge is 0.241 e. The van der Waals surface area contributed by atoms with Crippen molar-refractivity contribution in [3.05, 3.63) is 60.5 Å². The molecule has 0 radical (unpaired) electrons. The van der Waals surface area contributed by atoms with E-state index in [-0.39, 0.29) is 16.4 Å². The van der Waals surface area contributed by atoms with Crippen molar-refractivity contribution in [2.24, 2.45) is 5.14 Å². The summed E-state index contributed by atoms with van der Waals surface area (Å²) in [6, 6.07) is 11.5. The number of sulfonamides is 1. The molecule has 0 unspecified atom stereocenters. The molecular formula is C15H12FN3O3S. The fraction of sp³-hybridized carbons (Fsp3) is 0. The summed E-state index contributed by atoms with van der Waals surface area (Å²) in [6.45, 7) is 0. The van der Waals surface area contributed by atoms with Crippen molar-refractivity contribution in [2.45, 2.75) is 4.90 Å². The summed E-state index contributed by atoms with van der Waals surface area (Å²) in [7, 11) is -3.97. The molecule has 0 fully saturated rings. The molecule has 0 saturated carbocycles. The Bertz CT molecular complexity index is 940. The average Bonchev–Trinajstić information content (AvgIpc) is 3.01. The molecule has 3 rings (SSSR count). The third kappa shape index (κ3) is 3.22. The number of nitrogens with one attached hydrogen (secondary N) is 1. The minimum Gasteiger partial charge on any atom is -0.455 e. The highest BCUT2D eigenvalue weighted by molar-refractivity contribution is 7.89. The van der Waals surface area contributed by atoms with Gasteiger partial charge < -0.3 is 4.74 Å². The van der Waals surface area contributed by atoms with E-state index in [4.69, 9.17) is 9.88 Å². The SMILES string of the molecule is NS(=O)(=O)c1ccccc1Oc1cc(F)ccc1-c1ccn[nH]1. The summed E-state index contributed by atoms with van der Waals surface area (Å²) in [5.41, 5.74) is 1.14. The highest BCUT2D eigenvalue weighted by Crippen LogP contribution is 2.35. The van der Waals surface area contributed by atoms with Gasteiger partial charge in [0.1, 0.15) is 22.2 Å². The number of H-pyrrole nitrogens is 1. The van der Waals surface area contributed by atoms with Crippen LogP contribution in [0.2, 0.25) is 0 Å². The first-order valence-electron chi connectivity index (χ1n) is 6.54. The van der Waals surface area contributed by atoms with E-state index >= 15 is 0 Å². The Morgan fingerprint density at radius 2 is 1.87 bits per heavy atom. The molecule has 3 aromatic rings. The molecule has 2 aromatic carbocycles. The monoisotopic (exact) mass is 333 g/mol. The molecule has 0 amide bonds. The van der Waals surface area contributed by atoms with Gasteiger partial charge in [-0.05, 0) is 30.3 Å². The predicted molar refractivity (Wildman–Crippen MR) is 81.9 cm³/mol. The maximum Gasteiger partial charge on any atom is 0.241 e. The lowest BCUT2D eigenvalue weighted by Crippen LogP contribution is -2.13. The standard InChI is InChI=1S/C15H12FN3O3S/c16-10-5-6-11(12-7-8-18-19-12)14(9-10)22-13-3-1-2-4-15(13)23(17,20)21/h1-9H,(H,18,19)(H2,17,20,21). The summed E-state index contributed by atoms with van der Waals surface area (Å²) in [6.07, 6.45) is 1.54. The largest absolute Gasteiger partial charge is 0.455 e. The van der Waals surface area contributed by atoms with Crippen LogP contribution in [0.5, 0.6) is 11.5 Å². The van der Waals surface area contributed by atoms with Gasteiger partial charge in [-0.2, -0.15) is 5.10 Å². The zero-order valence-electron chi connectivity index (χ0n) is 11.7. The molecule has 0 atom stereocenters. The van der Waals surface area contributed by atoms with Crippen LogP contribution in [0.15, 0.2) is 59.6 Å². The van der Waals surface area contributed by atoms with Gasteiger partial charge >= 0.3 is 0 Å². The molecule has 1 aromatic heterocycles. The molecule has 118 valence electrons. The topological polar surface area (TPSA) is 98.1 Å². The minimum atomic E-state index is -3.97. The summed E-state index contributed by atoms with van der Waals surface area (Å²) < 4.78 is 42.5. The molecule has 0 bridgehead atoms. The van der Waals surface area contributed by atoms with Crippen LogP contribution in [0.25, 0.3) is 11.3 Å². The van der Waals surface area contributed by atoms with Gasteiger partial charge in [-0.25, -0.2) is 17.9 Å². The Morgan fingerprint density at radius 3 is 2.57 bits per heavy atom. The molecule has 0 saturated heterocycles. The van der Waals surface area contributed by atoms with Crippen molar-refractivity contribution in [1.29, 1.82) is 0 Å². The van der Waals surface area contributed by atoms with E-state index in [0.717, 1.165) is 6.07 Å². The summed E-state index contributed by atoms with van der Waals surface area (Å²) in [4.78, 5) is -0.181. The number of nitrogens with two attached hydrogens (primary N) is 1. The number of hydrogen-bond donors (Lipinski definition) is 2. The fourth-order valence-corrected chi connectivity index (χ4v) is 2.76. The van der Waals surface area contributed by atoms with E-state index in [0.29, 0.717) is 11.3 Å². The Morgan fingerprint density at radius 1 is 1.09 bits per heavy atom. The van der Waals surface area contributed by atoms with Crippen LogP contribution in [-0.4, -0.2) is 18.6 Å². The number of rotatable bonds is 4. The summed E-state index contributed by atoms with van der Waals surface area (Å²) in [5.74, 6) is -0.358. The fourth-order valence-electron chi connectivity index (χ4n) is 2.10. The first-order chi connectivity index (χ1) is 10.9. The second-order valence-electron chi connectivity index (χ2n) is 4.70. The van der Waals surface area contributed by atoms with Crippen molar-refractivity contribution in [1.82, 2.24) is 10.2 Å². The molecule has 6 nitrogen and oxygen atoms in total. The van der Waals surface area contributed by atoms with Crippen LogP contribution >= 0.6 is 0 Å². The molecule has 0 aliphatic rings. The first-order valence-corrected chi connectivity index (χ1v) is 8.09. The van der Waals surface area contributed by atoms with Gasteiger partial charge in [0.05, 0.1) is 5.69 Å². The molecular weight excluding hydrogens is 321 g/mol. The van der Waals surface area contributed by atoms with Crippen LogP contribution in [-0.2, 0) is 10.0 Å². The van der Waals surface area contributed by atoms with Gasteiger partial charge in [0.15, 0.2) is 0 Å². The van der Waals surface area contributed by atoms with Gasteiger partial charge in [-0.3, -0.25) is 5.10 Å². The lowest BCUT2D eigenvalue weighted by atomic mass is 10.1. The Labute approximate surface area is 131 Å². The van der Waals surface area contributed by atoms with E-state index in [1.54, 1.807) is 18.3 Å². The van der Waals surface area contributed by atoms with Crippen LogP contribution in [0, 0.1) is 5.82 Å². The third-order valence-electron chi connectivity index (χ3n) is 3.11. The first kappa shape index (κ1) is 15.2. The van der Waals surface area contributed by atoms with E-state index in [2.05, 4.69) is 10.2 Å². The number of ether oxygens (including phenoxy) is 1. The molecule has 0 aliphatic heterocycles. The summed E-state index contributed by atoms with van der Waals surface area (Å²) in [5, 5.41) is 11.8. The molecule has 8 heteroatoms.